The van der Waals surface area contributed by atoms with Crippen LogP contribution in [0.15, 0.2) is 35.7 Å². The molecule has 138 valence electrons. The largest absolute Gasteiger partial charge is 0.534 e. The fraction of sp³-hybridized carbons (Fsp3) is 0.412. The molecule has 1 aromatic heterocycles. The number of alkyl halides is 3. The Kier molecular flexibility index (Phi) is 6.51. The first-order valence-electron chi connectivity index (χ1n) is 7.92. The first kappa shape index (κ1) is 19.8. The number of hydrogen-bond donors (Lipinski definition) is 0. The standard InChI is InChI=1S/C17H19F3O3S2/c1-2-3-4-5-6-13-11-12-24-16(13)14-7-9-15(10-8-14)23-25(21,22)17(18,19)20/h7-12H,2-6H2,1H3. The summed E-state index contributed by atoms with van der Waals surface area (Å²) in [5.41, 5.74) is -3.42. The van der Waals surface area contributed by atoms with Crippen LogP contribution in [0.3, 0.4) is 0 Å². The summed E-state index contributed by atoms with van der Waals surface area (Å²) in [6.45, 7) is 2.15. The number of aryl methyl sites for hydroxylation is 1. The third-order valence-corrected chi connectivity index (χ3v) is 5.64. The van der Waals surface area contributed by atoms with E-state index in [-0.39, 0.29) is 5.75 Å². The average molecular weight is 392 g/mol. The van der Waals surface area contributed by atoms with Crippen molar-refractivity contribution < 1.29 is 25.8 Å². The van der Waals surface area contributed by atoms with Crippen LogP contribution in [0.25, 0.3) is 10.4 Å². The van der Waals surface area contributed by atoms with Gasteiger partial charge < -0.3 is 4.18 Å². The molecule has 0 aliphatic rings. The summed E-state index contributed by atoms with van der Waals surface area (Å²) in [4.78, 5) is 1.04. The van der Waals surface area contributed by atoms with E-state index in [0.717, 1.165) is 29.7 Å². The number of rotatable bonds is 8. The van der Waals surface area contributed by atoms with Crippen molar-refractivity contribution in [3.63, 3.8) is 0 Å². The number of benzene rings is 1. The molecule has 0 radical (unpaired) electrons. The van der Waals surface area contributed by atoms with Crippen molar-refractivity contribution in [2.75, 3.05) is 0 Å². The second-order valence-electron chi connectivity index (χ2n) is 5.59. The lowest BCUT2D eigenvalue weighted by Crippen LogP contribution is -2.28. The fourth-order valence-corrected chi connectivity index (χ4v) is 3.78. The van der Waals surface area contributed by atoms with Gasteiger partial charge in [-0.2, -0.15) is 21.6 Å². The summed E-state index contributed by atoms with van der Waals surface area (Å²) in [6, 6.07) is 7.66. The molecule has 0 fully saturated rings. The van der Waals surface area contributed by atoms with Crippen LogP contribution < -0.4 is 4.18 Å². The zero-order valence-corrected chi connectivity index (χ0v) is 15.3. The van der Waals surface area contributed by atoms with Gasteiger partial charge in [-0.1, -0.05) is 26.2 Å². The molecule has 0 N–H and O–H groups in total. The maximum atomic E-state index is 12.3. The molecule has 2 rings (SSSR count). The average Bonchev–Trinajstić information content (AvgIpc) is 2.99. The SMILES string of the molecule is CCCCCCc1ccsc1-c1ccc(OS(=O)(=O)C(F)(F)F)cc1. The molecule has 3 nitrogen and oxygen atoms in total. The quantitative estimate of drug-likeness (QED) is 0.326. The Morgan fingerprint density at radius 1 is 1.04 bits per heavy atom. The van der Waals surface area contributed by atoms with E-state index in [9.17, 15) is 21.6 Å². The molecular formula is C17H19F3O3S2. The maximum Gasteiger partial charge on any atom is 0.534 e. The Bertz CT molecular complexity index is 778. The van der Waals surface area contributed by atoms with Crippen molar-refractivity contribution in [1.82, 2.24) is 0 Å². The van der Waals surface area contributed by atoms with Crippen LogP contribution >= 0.6 is 11.3 Å². The van der Waals surface area contributed by atoms with Crippen LogP contribution in [-0.2, 0) is 16.5 Å². The number of hydrogen-bond acceptors (Lipinski definition) is 4. The van der Waals surface area contributed by atoms with Gasteiger partial charge in [0, 0.05) is 4.88 Å². The number of thiophene rings is 1. The van der Waals surface area contributed by atoms with Gasteiger partial charge in [0.1, 0.15) is 5.75 Å². The van der Waals surface area contributed by atoms with Crippen LogP contribution in [0, 0.1) is 0 Å². The van der Waals surface area contributed by atoms with Crippen molar-refractivity contribution >= 4 is 21.5 Å². The second-order valence-corrected chi connectivity index (χ2v) is 8.05. The third kappa shape index (κ3) is 5.22. The van der Waals surface area contributed by atoms with E-state index in [1.165, 1.54) is 30.5 Å². The summed E-state index contributed by atoms with van der Waals surface area (Å²) in [5.74, 6) is -0.359. The van der Waals surface area contributed by atoms with Gasteiger partial charge >= 0.3 is 15.6 Å². The number of unbranched alkanes of at least 4 members (excludes halogenated alkanes) is 3. The number of halogens is 3. The van der Waals surface area contributed by atoms with Gasteiger partial charge in [-0.3, -0.25) is 0 Å². The van der Waals surface area contributed by atoms with Crippen LogP contribution in [0.1, 0.15) is 38.2 Å². The van der Waals surface area contributed by atoms with Crippen LogP contribution in [0.2, 0.25) is 0 Å². The van der Waals surface area contributed by atoms with Crippen molar-refractivity contribution in [3.8, 4) is 16.2 Å². The summed E-state index contributed by atoms with van der Waals surface area (Å²) >= 11 is 1.55. The summed E-state index contributed by atoms with van der Waals surface area (Å²) < 4.78 is 63.2. The minimum Gasteiger partial charge on any atom is -0.376 e. The highest BCUT2D eigenvalue weighted by Crippen LogP contribution is 2.33. The topological polar surface area (TPSA) is 43.4 Å². The summed E-state index contributed by atoms with van der Waals surface area (Å²) in [6.07, 6.45) is 5.55. The molecule has 25 heavy (non-hydrogen) atoms. The molecule has 0 aliphatic heterocycles. The maximum absolute atomic E-state index is 12.3. The van der Waals surface area contributed by atoms with Crippen LogP contribution in [0.4, 0.5) is 13.2 Å². The normalized spacial score (nSPS) is 12.3. The molecule has 0 amide bonds. The highest BCUT2D eigenvalue weighted by atomic mass is 32.2. The van der Waals surface area contributed by atoms with Crippen LogP contribution in [0.5, 0.6) is 5.75 Å². The molecule has 0 spiro atoms. The van der Waals surface area contributed by atoms with E-state index in [0.29, 0.717) is 0 Å². The van der Waals surface area contributed by atoms with E-state index in [2.05, 4.69) is 11.1 Å². The predicted octanol–water partition coefficient (Wildman–Crippen LogP) is 5.77. The van der Waals surface area contributed by atoms with Gasteiger partial charge in [0.25, 0.3) is 0 Å². The second kappa shape index (κ2) is 8.23. The molecule has 1 heterocycles. The van der Waals surface area contributed by atoms with E-state index in [1.807, 2.05) is 11.4 Å². The molecule has 0 atom stereocenters. The highest BCUT2D eigenvalue weighted by Gasteiger charge is 2.48. The zero-order valence-electron chi connectivity index (χ0n) is 13.7. The van der Waals surface area contributed by atoms with Gasteiger partial charge in [-0.25, -0.2) is 0 Å². The first-order chi connectivity index (χ1) is 11.7. The Morgan fingerprint density at radius 3 is 2.32 bits per heavy atom. The van der Waals surface area contributed by atoms with Gasteiger partial charge in [0.05, 0.1) is 0 Å². The Labute approximate surface area is 149 Å². The lowest BCUT2D eigenvalue weighted by Gasteiger charge is -2.10. The van der Waals surface area contributed by atoms with E-state index < -0.39 is 15.6 Å². The molecule has 0 bridgehead atoms. The highest BCUT2D eigenvalue weighted by molar-refractivity contribution is 7.88. The molecule has 0 saturated carbocycles. The van der Waals surface area contributed by atoms with Crippen molar-refractivity contribution in [2.24, 2.45) is 0 Å². The van der Waals surface area contributed by atoms with Crippen LogP contribution in [-0.4, -0.2) is 13.9 Å². The minimum atomic E-state index is -5.64. The smallest absolute Gasteiger partial charge is 0.376 e. The lowest BCUT2D eigenvalue weighted by molar-refractivity contribution is -0.0500. The Morgan fingerprint density at radius 2 is 1.72 bits per heavy atom. The van der Waals surface area contributed by atoms with Crippen molar-refractivity contribution in [2.45, 2.75) is 44.5 Å². The lowest BCUT2D eigenvalue weighted by atomic mass is 10.0. The van der Waals surface area contributed by atoms with E-state index >= 15 is 0 Å². The van der Waals surface area contributed by atoms with E-state index in [4.69, 9.17) is 0 Å². The molecule has 0 unspecified atom stereocenters. The fourth-order valence-electron chi connectivity index (χ4n) is 2.36. The molecule has 0 saturated heterocycles. The minimum absolute atomic E-state index is 0.359. The van der Waals surface area contributed by atoms with Gasteiger partial charge in [0.2, 0.25) is 0 Å². The predicted molar refractivity (Wildman–Crippen MR) is 93.2 cm³/mol. The van der Waals surface area contributed by atoms with Gasteiger partial charge in [-0.15, -0.1) is 11.3 Å². The molecule has 2 aromatic rings. The van der Waals surface area contributed by atoms with Gasteiger partial charge in [0.15, 0.2) is 0 Å². The Hall–Kier alpha value is -1.54. The Balaban J connectivity index is 2.10. The first-order valence-corrected chi connectivity index (χ1v) is 10.2. The summed E-state index contributed by atoms with van der Waals surface area (Å²) in [5, 5.41) is 1.98. The molecule has 8 heteroatoms. The zero-order chi connectivity index (χ0) is 18.5. The van der Waals surface area contributed by atoms with Crippen molar-refractivity contribution in [3.05, 3.63) is 41.3 Å². The van der Waals surface area contributed by atoms with Crippen molar-refractivity contribution in [1.29, 1.82) is 0 Å². The van der Waals surface area contributed by atoms with E-state index in [1.54, 1.807) is 23.5 Å². The molecule has 1 aromatic carbocycles. The molecular weight excluding hydrogens is 373 g/mol. The van der Waals surface area contributed by atoms with Gasteiger partial charge in [-0.05, 0) is 59.7 Å². The third-order valence-electron chi connectivity index (χ3n) is 3.65. The molecule has 0 aliphatic carbocycles. The summed E-state index contributed by atoms with van der Waals surface area (Å²) in [7, 11) is -5.64. The monoisotopic (exact) mass is 392 g/mol.